The van der Waals surface area contributed by atoms with Gasteiger partial charge in [-0.3, -0.25) is 9.88 Å². The molecule has 0 spiro atoms. The second-order valence-electron chi connectivity index (χ2n) is 6.60. The average molecular weight is 395 g/mol. The lowest BCUT2D eigenvalue weighted by Crippen LogP contribution is -2.23. The van der Waals surface area contributed by atoms with Crippen LogP contribution in [0.2, 0.25) is 5.02 Å². The van der Waals surface area contributed by atoms with Crippen LogP contribution in [0.25, 0.3) is 0 Å². The Labute approximate surface area is 168 Å². The number of aromatic nitrogens is 1. The molecular formula is C22H19ClN2O3. The number of hydrogen-bond donors (Lipinski definition) is 0. The zero-order chi connectivity index (χ0) is 19.3. The third-order valence-corrected chi connectivity index (χ3v) is 4.82. The van der Waals surface area contributed by atoms with E-state index < -0.39 is 0 Å². The molecule has 1 aliphatic heterocycles. The van der Waals surface area contributed by atoms with E-state index in [0.717, 1.165) is 22.4 Å². The number of amides is 1. The highest BCUT2D eigenvalue weighted by Crippen LogP contribution is 2.28. The molecule has 6 heteroatoms. The predicted molar refractivity (Wildman–Crippen MR) is 106 cm³/mol. The Morgan fingerprint density at radius 1 is 1.07 bits per heavy atom. The van der Waals surface area contributed by atoms with E-state index in [-0.39, 0.29) is 12.2 Å². The van der Waals surface area contributed by atoms with E-state index in [0.29, 0.717) is 24.7 Å². The second kappa shape index (κ2) is 8.31. The summed E-state index contributed by atoms with van der Waals surface area (Å²) in [5, 5.41) is 0.664. The SMILES string of the molecule is O=C1OC(c2ccc(Cl)cc2)CN1Cc1ccc(COc2cccnc2)cc1. The molecule has 1 atom stereocenters. The number of benzene rings is 2. The van der Waals surface area contributed by atoms with Crippen molar-refractivity contribution in [2.45, 2.75) is 19.3 Å². The van der Waals surface area contributed by atoms with Gasteiger partial charge in [-0.1, -0.05) is 48.0 Å². The molecule has 1 aliphatic rings. The number of cyclic esters (lactones) is 1. The van der Waals surface area contributed by atoms with Crippen LogP contribution < -0.4 is 4.74 Å². The Bertz CT molecular complexity index is 930. The Morgan fingerprint density at radius 3 is 2.54 bits per heavy atom. The van der Waals surface area contributed by atoms with E-state index >= 15 is 0 Å². The molecule has 142 valence electrons. The van der Waals surface area contributed by atoms with Gasteiger partial charge in [0.1, 0.15) is 18.5 Å². The highest BCUT2D eigenvalue weighted by molar-refractivity contribution is 6.30. The van der Waals surface area contributed by atoms with Crippen LogP contribution in [0.1, 0.15) is 22.8 Å². The van der Waals surface area contributed by atoms with Gasteiger partial charge in [-0.2, -0.15) is 0 Å². The maximum absolute atomic E-state index is 12.2. The van der Waals surface area contributed by atoms with Crippen LogP contribution in [0.15, 0.2) is 73.1 Å². The fourth-order valence-electron chi connectivity index (χ4n) is 3.05. The lowest BCUT2D eigenvalue weighted by molar-refractivity contribution is 0.132. The molecule has 0 radical (unpaired) electrons. The molecule has 5 nitrogen and oxygen atoms in total. The van der Waals surface area contributed by atoms with Gasteiger partial charge in [-0.05, 0) is 41.0 Å². The van der Waals surface area contributed by atoms with Gasteiger partial charge in [0, 0.05) is 17.8 Å². The smallest absolute Gasteiger partial charge is 0.410 e. The molecule has 1 saturated heterocycles. The first kappa shape index (κ1) is 18.3. The van der Waals surface area contributed by atoms with Crippen LogP contribution in [0.5, 0.6) is 5.75 Å². The van der Waals surface area contributed by atoms with Crippen molar-refractivity contribution in [2.75, 3.05) is 6.54 Å². The Hall–Kier alpha value is -3.05. The number of pyridine rings is 1. The molecule has 4 rings (SSSR count). The first-order chi connectivity index (χ1) is 13.7. The largest absolute Gasteiger partial charge is 0.487 e. The molecule has 2 heterocycles. The number of ether oxygens (including phenoxy) is 2. The second-order valence-corrected chi connectivity index (χ2v) is 7.03. The van der Waals surface area contributed by atoms with Gasteiger partial charge < -0.3 is 9.47 Å². The molecule has 0 saturated carbocycles. The molecular weight excluding hydrogens is 376 g/mol. The molecule has 1 amide bonds. The molecule has 3 aromatic rings. The van der Waals surface area contributed by atoms with Crippen molar-refractivity contribution in [3.05, 3.63) is 94.8 Å². The summed E-state index contributed by atoms with van der Waals surface area (Å²) in [5.41, 5.74) is 3.04. The van der Waals surface area contributed by atoms with E-state index in [4.69, 9.17) is 21.1 Å². The van der Waals surface area contributed by atoms with Crippen molar-refractivity contribution < 1.29 is 14.3 Å². The van der Waals surface area contributed by atoms with Crippen LogP contribution in [0.4, 0.5) is 4.79 Å². The fourth-order valence-corrected chi connectivity index (χ4v) is 3.17. The summed E-state index contributed by atoms with van der Waals surface area (Å²) in [7, 11) is 0. The molecule has 1 unspecified atom stereocenters. The molecule has 1 fully saturated rings. The number of carbonyl (C=O) groups excluding carboxylic acids is 1. The highest BCUT2D eigenvalue weighted by Gasteiger charge is 2.32. The molecule has 28 heavy (non-hydrogen) atoms. The van der Waals surface area contributed by atoms with Crippen molar-refractivity contribution in [2.24, 2.45) is 0 Å². The van der Waals surface area contributed by atoms with E-state index in [1.54, 1.807) is 29.4 Å². The summed E-state index contributed by atoms with van der Waals surface area (Å²) in [6.45, 7) is 1.50. The molecule has 0 N–H and O–H groups in total. The summed E-state index contributed by atoms with van der Waals surface area (Å²) in [5.74, 6) is 0.736. The van der Waals surface area contributed by atoms with Gasteiger partial charge in [0.05, 0.1) is 12.7 Å². The number of carbonyl (C=O) groups is 1. The summed E-state index contributed by atoms with van der Waals surface area (Å²) < 4.78 is 11.2. The number of nitrogens with zero attached hydrogens (tertiary/aromatic N) is 2. The zero-order valence-corrected chi connectivity index (χ0v) is 15.9. The summed E-state index contributed by atoms with van der Waals surface area (Å²) in [6.07, 6.45) is 2.83. The average Bonchev–Trinajstić information content (AvgIpc) is 3.09. The Kier molecular flexibility index (Phi) is 5.44. The minimum atomic E-state index is -0.302. The first-order valence-electron chi connectivity index (χ1n) is 8.99. The van der Waals surface area contributed by atoms with E-state index in [9.17, 15) is 4.79 Å². The quantitative estimate of drug-likeness (QED) is 0.589. The molecule has 1 aromatic heterocycles. The van der Waals surface area contributed by atoms with Gasteiger partial charge in [-0.25, -0.2) is 4.79 Å². The fraction of sp³-hybridized carbons (Fsp3) is 0.182. The minimum Gasteiger partial charge on any atom is -0.487 e. The van der Waals surface area contributed by atoms with E-state index in [1.807, 2.05) is 48.5 Å². The molecule has 0 bridgehead atoms. The maximum atomic E-state index is 12.2. The molecule has 0 aliphatic carbocycles. The van der Waals surface area contributed by atoms with Gasteiger partial charge in [0.2, 0.25) is 0 Å². The topological polar surface area (TPSA) is 51.7 Å². The van der Waals surface area contributed by atoms with Crippen molar-refractivity contribution in [3.63, 3.8) is 0 Å². The zero-order valence-electron chi connectivity index (χ0n) is 15.1. The number of rotatable bonds is 6. The lowest BCUT2D eigenvalue weighted by atomic mass is 10.1. The third kappa shape index (κ3) is 4.43. The Morgan fingerprint density at radius 2 is 1.82 bits per heavy atom. The van der Waals surface area contributed by atoms with E-state index in [1.165, 1.54) is 0 Å². The summed E-state index contributed by atoms with van der Waals surface area (Å²) in [4.78, 5) is 17.9. The van der Waals surface area contributed by atoms with Crippen LogP contribution in [-0.4, -0.2) is 22.5 Å². The first-order valence-corrected chi connectivity index (χ1v) is 9.37. The number of halogens is 1. The lowest BCUT2D eigenvalue weighted by Gasteiger charge is -2.13. The minimum absolute atomic E-state index is 0.267. The number of hydrogen-bond acceptors (Lipinski definition) is 4. The van der Waals surface area contributed by atoms with Gasteiger partial charge in [0.15, 0.2) is 0 Å². The molecule has 2 aromatic carbocycles. The van der Waals surface area contributed by atoms with Crippen LogP contribution in [0.3, 0.4) is 0 Å². The normalized spacial score (nSPS) is 16.1. The summed E-state index contributed by atoms with van der Waals surface area (Å²) in [6, 6.07) is 19.1. The van der Waals surface area contributed by atoms with Crippen molar-refractivity contribution in [1.29, 1.82) is 0 Å². The monoisotopic (exact) mass is 394 g/mol. The maximum Gasteiger partial charge on any atom is 0.410 e. The van der Waals surface area contributed by atoms with Crippen molar-refractivity contribution in [3.8, 4) is 5.75 Å². The summed E-state index contributed by atoms with van der Waals surface area (Å²) >= 11 is 5.92. The van der Waals surface area contributed by atoms with Crippen molar-refractivity contribution >= 4 is 17.7 Å². The van der Waals surface area contributed by atoms with Crippen molar-refractivity contribution in [1.82, 2.24) is 9.88 Å². The Balaban J connectivity index is 1.34. The van der Waals surface area contributed by atoms with Crippen LogP contribution in [-0.2, 0) is 17.9 Å². The van der Waals surface area contributed by atoms with Gasteiger partial charge >= 0.3 is 6.09 Å². The standard InChI is InChI=1S/C22H19ClN2O3/c23-19-9-7-18(8-10-19)21-14-25(22(26)28-21)13-16-3-5-17(6-4-16)15-27-20-2-1-11-24-12-20/h1-12,21H,13-15H2. The predicted octanol–water partition coefficient (Wildman–Crippen LogP) is 5.01. The van der Waals surface area contributed by atoms with E-state index in [2.05, 4.69) is 4.98 Å². The third-order valence-electron chi connectivity index (χ3n) is 4.57. The van der Waals surface area contributed by atoms with Gasteiger partial charge in [-0.15, -0.1) is 0 Å². The van der Waals surface area contributed by atoms with Crippen LogP contribution >= 0.6 is 11.6 Å². The highest BCUT2D eigenvalue weighted by atomic mass is 35.5. The van der Waals surface area contributed by atoms with Gasteiger partial charge in [0.25, 0.3) is 0 Å². The van der Waals surface area contributed by atoms with Crippen LogP contribution in [0, 0.1) is 0 Å².